The largest absolute Gasteiger partial charge is 0.462 e. The highest BCUT2D eigenvalue weighted by molar-refractivity contribution is 7.11. The van der Waals surface area contributed by atoms with Gasteiger partial charge in [-0.2, -0.15) is 0 Å². The summed E-state index contributed by atoms with van der Waals surface area (Å²) in [5.41, 5.74) is 0.326. The maximum atomic E-state index is 11.1. The standard InChI is InChI=1S/C8H9NO2S/c1-3-11-8(10)6(2)7-9-4-5-12-7/h4-5H,2-3H2,1H3. The number of thiazole rings is 1. The molecule has 3 nitrogen and oxygen atoms in total. The van der Waals surface area contributed by atoms with Crippen molar-refractivity contribution in [1.29, 1.82) is 0 Å². The number of esters is 1. The molecule has 1 aromatic heterocycles. The van der Waals surface area contributed by atoms with Crippen molar-refractivity contribution in [3.05, 3.63) is 23.2 Å². The third-order valence-corrected chi connectivity index (χ3v) is 2.05. The number of carbonyl (C=O) groups excluding carboxylic acids is 1. The van der Waals surface area contributed by atoms with Crippen LogP contribution in [-0.2, 0) is 9.53 Å². The lowest BCUT2D eigenvalue weighted by Crippen LogP contribution is -2.05. The Kier molecular flexibility index (Phi) is 2.99. The van der Waals surface area contributed by atoms with E-state index in [1.54, 1.807) is 18.5 Å². The summed E-state index contributed by atoms with van der Waals surface area (Å²) in [6.45, 7) is 5.71. The first-order valence-electron chi connectivity index (χ1n) is 3.51. The number of rotatable bonds is 3. The number of aromatic nitrogens is 1. The van der Waals surface area contributed by atoms with Crippen LogP contribution in [0.5, 0.6) is 0 Å². The van der Waals surface area contributed by atoms with Crippen LogP contribution >= 0.6 is 11.3 Å². The van der Waals surface area contributed by atoms with E-state index in [0.717, 1.165) is 0 Å². The van der Waals surface area contributed by atoms with E-state index < -0.39 is 5.97 Å². The Bertz CT molecular complexity index is 279. The van der Waals surface area contributed by atoms with E-state index in [2.05, 4.69) is 11.6 Å². The van der Waals surface area contributed by atoms with E-state index in [1.807, 2.05) is 0 Å². The average molecular weight is 183 g/mol. The molecule has 0 atom stereocenters. The maximum absolute atomic E-state index is 11.1. The monoisotopic (exact) mass is 183 g/mol. The molecule has 0 aromatic carbocycles. The smallest absolute Gasteiger partial charge is 0.340 e. The van der Waals surface area contributed by atoms with Crippen molar-refractivity contribution in [3.63, 3.8) is 0 Å². The van der Waals surface area contributed by atoms with E-state index in [0.29, 0.717) is 17.2 Å². The van der Waals surface area contributed by atoms with Crippen LogP contribution in [0.15, 0.2) is 18.2 Å². The Hall–Kier alpha value is -1.16. The lowest BCUT2D eigenvalue weighted by Gasteiger charge is -2.00. The molecule has 1 rings (SSSR count). The highest BCUT2D eigenvalue weighted by atomic mass is 32.1. The maximum Gasteiger partial charge on any atom is 0.340 e. The molecule has 0 radical (unpaired) electrons. The number of hydrogen-bond acceptors (Lipinski definition) is 4. The highest BCUT2D eigenvalue weighted by Gasteiger charge is 2.11. The first kappa shape index (κ1) is 8.93. The van der Waals surface area contributed by atoms with E-state index >= 15 is 0 Å². The van der Waals surface area contributed by atoms with Crippen molar-refractivity contribution < 1.29 is 9.53 Å². The van der Waals surface area contributed by atoms with Crippen molar-refractivity contribution in [2.24, 2.45) is 0 Å². The van der Waals surface area contributed by atoms with Crippen LogP contribution in [-0.4, -0.2) is 17.6 Å². The van der Waals surface area contributed by atoms with E-state index in [1.165, 1.54) is 11.3 Å². The summed E-state index contributed by atoms with van der Waals surface area (Å²) < 4.78 is 4.76. The van der Waals surface area contributed by atoms with E-state index in [-0.39, 0.29) is 0 Å². The topological polar surface area (TPSA) is 39.2 Å². The molecule has 12 heavy (non-hydrogen) atoms. The van der Waals surface area contributed by atoms with Crippen molar-refractivity contribution in [3.8, 4) is 0 Å². The predicted molar refractivity (Wildman–Crippen MR) is 47.8 cm³/mol. The van der Waals surface area contributed by atoms with Crippen LogP contribution in [0.25, 0.3) is 5.57 Å². The summed E-state index contributed by atoms with van der Waals surface area (Å²) >= 11 is 1.37. The number of carbonyl (C=O) groups is 1. The summed E-state index contributed by atoms with van der Waals surface area (Å²) in [6, 6.07) is 0. The normalized spacial score (nSPS) is 9.42. The van der Waals surface area contributed by atoms with Gasteiger partial charge in [0, 0.05) is 11.6 Å². The molecule has 0 saturated heterocycles. The van der Waals surface area contributed by atoms with Gasteiger partial charge in [-0.05, 0) is 6.92 Å². The minimum atomic E-state index is -0.396. The second-order valence-corrected chi connectivity index (χ2v) is 2.93. The lowest BCUT2D eigenvalue weighted by molar-refractivity contribution is -0.136. The molecule has 0 amide bonds. The van der Waals surface area contributed by atoms with Crippen molar-refractivity contribution >= 4 is 22.9 Å². The molecule has 1 aromatic rings. The van der Waals surface area contributed by atoms with E-state index in [4.69, 9.17) is 4.74 Å². The molecular formula is C8H9NO2S. The zero-order valence-corrected chi connectivity index (χ0v) is 7.56. The molecule has 0 aliphatic rings. The van der Waals surface area contributed by atoms with Gasteiger partial charge in [0.2, 0.25) is 0 Å². The number of hydrogen-bond donors (Lipinski definition) is 0. The summed E-state index contributed by atoms with van der Waals surface area (Å²) in [7, 11) is 0. The quantitative estimate of drug-likeness (QED) is 0.529. The minimum absolute atomic E-state index is 0.326. The fourth-order valence-electron chi connectivity index (χ4n) is 0.678. The minimum Gasteiger partial charge on any atom is -0.462 e. The van der Waals surface area contributed by atoms with Gasteiger partial charge in [0.1, 0.15) is 5.01 Å². The van der Waals surface area contributed by atoms with Gasteiger partial charge in [0.05, 0.1) is 12.2 Å². The van der Waals surface area contributed by atoms with Gasteiger partial charge in [-0.1, -0.05) is 6.58 Å². The second kappa shape index (κ2) is 4.01. The Labute approximate surface area is 74.7 Å². The molecular weight excluding hydrogens is 174 g/mol. The Morgan fingerprint density at radius 2 is 2.58 bits per heavy atom. The van der Waals surface area contributed by atoms with Gasteiger partial charge in [-0.25, -0.2) is 9.78 Å². The van der Waals surface area contributed by atoms with Crippen LogP contribution in [0.1, 0.15) is 11.9 Å². The van der Waals surface area contributed by atoms with Gasteiger partial charge in [0.15, 0.2) is 0 Å². The third kappa shape index (κ3) is 1.92. The van der Waals surface area contributed by atoms with Gasteiger partial charge in [-0.15, -0.1) is 11.3 Å². The van der Waals surface area contributed by atoms with E-state index in [9.17, 15) is 4.79 Å². The van der Waals surface area contributed by atoms with Crippen LogP contribution in [0.3, 0.4) is 0 Å². The Morgan fingerprint density at radius 3 is 3.08 bits per heavy atom. The summed E-state index contributed by atoms with van der Waals surface area (Å²) in [6.07, 6.45) is 1.63. The lowest BCUT2D eigenvalue weighted by atomic mass is 10.3. The van der Waals surface area contributed by atoms with Crippen LogP contribution in [0.2, 0.25) is 0 Å². The number of nitrogens with zero attached hydrogens (tertiary/aromatic N) is 1. The van der Waals surface area contributed by atoms with Crippen LogP contribution < -0.4 is 0 Å². The summed E-state index contributed by atoms with van der Waals surface area (Å²) in [4.78, 5) is 15.0. The van der Waals surface area contributed by atoms with Crippen molar-refractivity contribution in [2.45, 2.75) is 6.92 Å². The van der Waals surface area contributed by atoms with Crippen LogP contribution in [0.4, 0.5) is 0 Å². The number of ether oxygens (including phenoxy) is 1. The Balaban J connectivity index is 2.66. The molecule has 64 valence electrons. The zero-order valence-electron chi connectivity index (χ0n) is 6.74. The summed E-state index contributed by atoms with van der Waals surface area (Å²) in [5, 5.41) is 2.41. The van der Waals surface area contributed by atoms with Crippen molar-refractivity contribution in [1.82, 2.24) is 4.98 Å². The first-order chi connectivity index (χ1) is 5.75. The molecule has 0 aliphatic carbocycles. The molecule has 0 unspecified atom stereocenters. The average Bonchev–Trinajstić information content (AvgIpc) is 2.55. The van der Waals surface area contributed by atoms with Crippen LogP contribution in [0, 0.1) is 0 Å². The predicted octanol–water partition coefficient (Wildman–Crippen LogP) is 1.72. The van der Waals surface area contributed by atoms with Crippen molar-refractivity contribution in [2.75, 3.05) is 6.61 Å². The molecule has 0 N–H and O–H groups in total. The molecule has 0 fully saturated rings. The molecule has 0 spiro atoms. The van der Waals surface area contributed by atoms with Gasteiger partial charge in [-0.3, -0.25) is 0 Å². The van der Waals surface area contributed by atoms with Gasteiger partial charge in [0.25, 0.3) is 0 Å². The molecule has 0 bridgehead atoms. The second-order valence-electron chi connectivity index (χ2n) is 2.04. The van der Waals surface area contributed by atoms with Gasteiger partial charge >= 0.3 is 5.97 Å². The molecule has 0 saturated carbocycles. The molecule has 1 heterocycles. The molecule has 4 heteroatoms. The fourth-order valence-corrected chi connectivity index (χ4v) is 1.28. The first-order valence-corrected chi connectivity index (χ1v) is 4.39. The summed E-state index contributed by atoms with van der Waals surface area (Å²) in [5.74, 6) is -0.396. The van der Waals surface area contributed by atoms with Gasteiger partial charge < -0.3 is 4.74 Å². The molecule has 0 aliphatic heterocycles. The zero-order chi connectivity index (χ0) is 8.97. The third-order valence-electron chi connectivity index (χ3n) is 1.21. The SMILES string of the molecule is C=C(C(=O)OCC)c1nccs1. The fraction of sp³-hybridized carbons (Fsp3) is 0.250. The Morgan fingerprint density at radius 1 is 1.83 bits per heavy atom. The highest BCUT2D eigenvalue weighted by Crippen LogP contribution is 2.15.